The van der Waals surface area contributed by atoms with Gasteiger partial charge in [-0.3, -0.25) is 4.99 Å². The summed E-state index contributed by atoms with van der Waals surface area (Å²) >= 11 is 0. The SMILES string of the molecule is CCNC(=NCC(C1CC1)N(C)C)NCCn1cccc1.I. The molecule has 2 N–H and O–H groups in total. The van der Waals surface area contributed by atoms with E-state index in [0.29, 0.717) is 6.04 Å². The van der Waals surface area contributed by atoms with E-state index < -0.39 is 0 Å². The van der Waals surface area contributed by atoms with E-state index in [1.54, 1.807) is 0 Å². The highest BCUT2D eigenvalue weighted by Crippen LogP contribution is 2.34. The number of rotatable bonds is 8. The Hall–Kier alpha value is -0.760. The third-order valence-electron chi connectivity index (χ3n) is 3.94. The second-order valence-electron chi connectivity index (χ2n) is 5.94. The van der Waals surface area contributed by atoms with Crippen LogP contribution in [-0.2, 0) is 6.54 Å². The maximum Gasteiger partial charge on any atom is 0.191 e. The lowest BCUT2D eigenvalue weighted by Gasteiger charge is -2.23. The highest BCUT2D eigenvalue weighted by molar-refractivity contribution is 14.0. The van der Waals surface area contributed by atoms with Gasteiger partial charge in [0.25, 0.3) is 0 Å². The summed E-state index contributed by atoms with van der Waals surface area (Å²) in [5, 5.41) is 6.74. The third-order valence-corrected chi connectivity index (χ3v) is 3.94. The van der Waals surface area contributed by atoms with Crippen molar-refractivity contribution in [3.8, 4) is 0 Å². The van der Waals surface area contributed by atoms with Crippen LogP contribution in [0.3, 0.4) is 0 Å². The minimum absolute atomic E-state index is 0. The van der Waals surface area contributed by atoms with Crippen molar-refractivity contribution in [2.24, 2.45) is 10.9 Å². The van der Waals surface area contributed by atoms with Crippen LogP contribution in [0.1, 0.15) is 19.8 Å². The van der Waals surface area contributed by atoms with Crippen molar-refractivity contribution in [1.82, 2.24) is 20.1 Å². The fourth-order valence-corrected chi connectivity index (χ4v) is 2.56. The molecule has 0 radical (unpaired) electrons. The molecule has 0 bridgehead atoms. The quantitative estimate of drug-likeness (QED) is 0.385. The molecule has 5 nitrogen and oxygen atoms in total. The van der Waals surface area contributed by atoms with Gasteiger partial charge in [0, 0.05) is 38.1 Å². The topological polar surface area (TPSA) is 44.6 Å². The molecule has 22 heavy (non-hydrogen) atoms. The summed E-state index contributed by atoms with van der Waals surface area (Å²) in [7, 11) is 4.32. The van der Waals surface area contributed by atoms with Crippen LogP contribution in [0.25, 0.3) is 0 Å². The van der Waals surface area contributed by atoms with Crippen LogP contribution in [0.5, 0.6) is 0 Å². The van der Waals surface area contributed by atoms with E-state index in [1.165, 1.54) is 12.8 Å². The normalized spacial score (nSPS) is 16.3. The van der Waals surface area contributed by atoms with Gasteiger partial charge in [-0.2, -0.15) is 0 Å². The maximum absolute atomic E-state index is 4.76. The van der Waals surface area contributed by atoms with Crippen LogP contribution in [0, 0.1) is 5.92 Å². The monoisotopic (exact) mass is 419 g/mol. The molecule has 1 aromatic rings. The molecular weight excluding hydrogens is 389 g/mol. The lowest BCUT2D eigenvalue weighted by Crippen LogP contribution is -2.40. The van der Waals surface area contributed by atoms with Crippen LogP contribution in [-0.4, -0.2) is 55.2 Å². The van der Waals surface area contributed by atoms with Crippen molar-refractivity contribution < 1.29 is 0 Å². The predicted octanol–water partition coefficient (Wildman–Crippen LogP) is 2.00. The largest absolute Gasteiger partial charge is 0.357 e. The van der Waals surface area contributed by atoms with Crippen molar-refractivity contribution in [3.63, 3.8) is 0 Å². The highest BCUT2D eigenvalue weighted by atomic mass is 127. The molecule has 0 saturated heterocycles. The van der Waals surface area contributed by atoms with E-state index in [4.69, 9.17) is 4.99 Å². The predicted molar refractivity (Wildman–Crippen MR) is 104 cm³/mol. The first-order chi connectivity index (χ1) is 10.2. The Balaban J connectivity index is 0.00000242. The molecular formula is C16H30IN5. The molecule has 126 valence electrons. The van der Waals surface area contributed by atoms with E-state index in [9.17, 15) is 0 Å². The second kappa shape index (κ2) is 10.1. The molecule has 6 heteroatoms. The first kappa shape index (κ1) is 19.3. The summed E-state index contributed by atoms with van der Waals surface area (Å²) in [5.74, 6) is 1.77. The average Bonchev–Trinajstić information content (AvgIpc) is 3.14. The molecule has 1 atom stereocenters. The Kier molecular flexibility index (Phi) is 8.85. The minimum atomic E-state index is 0. The van der Waals surface area contributed by atoms with Crippen LogP contribution in [0.4, 0.5) is 0 Å². The number of halogens is 1. The number of aliphatic imine (C=N–C) groups is 1. The average molecular weight is 419 g/mol. The van der Waals surface area contributed by atoms with Crippen LogP contribution in [0.2, 0.25) is 0 Å². The highest BCUT2D eigenvalue weighted by Gasteiger charge is 2.32. The van der Waals surface area contributed by atoms with Gasteiger partial charge in [-0.05, 0) is 51.9 Å². The Morgan fingerprint density at radius 1 is 1.27 bits per heavy atom. The first-order valence-corrected chi connectivity index (χ1v) is 8.00. The Bertz CT molecular complexity index is 424. The van der Waals surface area contributed by atoms with Crippen LogP contribution in [0.15, 0.2) is 29.5 Å². The van der Waals surface area contributed by atoms with Crippen molar-refractivity contribution in [2.45, 2.75) is 32.4 Å². The molecule has 1 fully saturated rings. The molecule has 1 aromatic heterocycles. The first-order valence-electron chi connectivity index (χ1n) is 8.00. The number of hydrogen-bond acceptors (Lipinski definition) is 2. The molecule has 2 rings (SSSR count). The maximum atomic E-state index is 4.76. The van der Waals surface area contributed by atoms with E-state index in [0.717, 1.165) is 38.1 Å². The fourth-order valence-electron chi connectivity index (χ4n) is 2.56. The van der Waals surface area contributed by atoms with Gasteiger partial charge in [0.05, 0.1) is 6.54 Å². The molecule has 1 unspecified atom stereocenters. The standard InChI is InChI=1S/C16H29N5.HI/c1-4-17-16(18-9-12-21-10-5-6-11-21)19-13-15(20(2)3)14-7-8-14;/h5-6,10-11,14-15H,4,7-9,12-13H2,1-3H3,(H2,17,18,19);1H. The van der Waals surface area contributed by atoms with Gasteiger partial charge < -0.3 is 20.1 Å². The molecule has 1 aliphatic rings. The van der Waals surface area contributed by atoms with Gasteiger partial charge in [0.2, 0.25) is 0 Å². The summed E-state index contributed by atoms with van der Waals surface area (Å²) in [6, 6.07) is 4.68. The van der Waals surface area contributed by atoms with E-state index in [2.05, 4.69) is 65.6 Å². The van der Waals surface area contributed by atoms with E-state index in [-0.39, 0.29) is 24.0 Å². The molecule has 0 amide bonds. The third kappa shape index (κ3) is 6.56. The number of nitrogens with zero attached hydrogens (tertiary/aromatic N) is 3. The zero-order valence-corrected chi connectivity index (χ0v) is 16.3. The van der Waals surface area contributed by atoms with Crippen molar-refractivity contribution >= 4 is 29.9 Å². The van der Waals surface area contributed by atoms with E-state index in [1.807, 2.05) is 0 Å². The lowest BCUT2D eigenvalue weighted by molar-refractivity contribution is 0.271. The van der Waals surface area contributed by atoms with Crippen molar-refractivity contribution in [2.75, 3.05) is 33.7 Å². The van der Waals surface area contributed by atoms with Crippen molar-refractivity contribution in [1.29, 1.82) is 0 Å². The van der Waals surface area contributed by atoms with Gasteiger partial charge in [-0.25, -0.2) is 0 Å². The zero-order chi connectivity index (χ0) is 15.1. The second-order valence-corrected chi connectivity index (χ2v) is 5.94. The summed E-state index contributed by atoms with van der Waals surface area (Å²) in [6.07, 6.45) is 6.88. The number of hydrogen-bond donors (Lipinski definition) is 2. The Labute approximate surface area is 151 Å². The molecule has 1 heterocycles. The molecule has 1 aliphatic carbocycles. The summed E-state index contributed by atoms with van der Waals surface area (Å²) in [6.45, 7) is 5.71. The van der Waals surface area contributed by atoms with Crippen LogP contribution >= 0.6 is 24.0 Å². The Morgan fingerprint density at radius 3 is 2.50 bits per heavy atom. The number of likely N-dealkylation sites (N-methyl/N-ethyl adjacent to an activating group) is 1. The van der Waals surface area contributed by atoms with E-state index >= 15 is 0 Å². The summed E-state index contributed by atoms with van der Waals surface area (Å²) < 4.78 is 2.17. The van der Waals surface area contributed by atoms with Gasteiger partial charge in [-0.15, -0.1) is 24.0 Å². The summed E-state index contributed by atoms with van der Waals surface area (Å²) in [5.41, 5.74) is 0. The van der Waals surface area contributed by atoms with Gasteiger partial charge in [0.1, 0.15) is 0 Å². The Morgan fingerprint density at radius 2 is 1.95 bits per heavy atom. The van der Waals surface area contributed by atoms with Gasteiger partial charge in [0.15, 0.2) is 5.96 Å². The zero-order valence-electron chi connectivity index (χ0n) is 14.0. The van der Waals surface area contributed by atoms with Gasteiger partial charge >= 0.3 is 0 Å². The molecule has 0 aliphatic heterocycles. The molecule has 0 spiro atoms. The van der Waals surface area contributed by atoms with Crippen LogP contribution < -0.4 is 10.6 Å². The minimum Gasteiger partial charge on any atom is -0.357 e. The number of nitrogens with one attached hydrogen (secondary N) is 2. The number of aromatic nitrogens is 1. The molecule has 1 saturated carbocycles. The lowest BCUT2D eigenvalue weighted by atomic mass is 10.2. The smallest absolute Gasteiger partial charge is 0.191 e. The van der Waals surface area contributed by atoms with Crippen molar-refractivity contribution in [3.05, 3.63) is 24.5 Å². The molecule has 0 aromatic carbocycles. The van der Waals surface area contributed by atoms with Gasteiger partial charge in [-0.1, -0.05) is 0 Å². The number of guanidine groups is 1. The summed E-state index contributed by atoms with van der Waals surface area (Å²) in [4.78, 5) is 7.07. The fraction of sp³-hybridized carbons (Fsp3) is 0.688.